The first-order valence-corrected chi connectivity index (χ1v) is 5.17. The standard InChI is InChI=1S/C6H14O3.C5HN3O2/c1-2-6(3-7,4-8)5-9;6-1-5(2-7,3-8)4(9)10/h7-9H,2-5H2,1H3;(H,9,10). The number of carboxylic acid groups (broad SMARTS) is 1. The normalized spacial score (nSPS) is 10.2. The van der Waals surface area contributed by atoms with Crippen molar-refractivity contribution in [1.29, 1.82) is 15.8 Å². The van der Waals surface area contributed by atoms with E-state index in [-0.39, 0.29) is 19.8 Å². The van der Waals surface area contributed by atoms with E-state index in [0.717, 1.165) is 18.2 Å². The number of aliphatic hydroxyl groups is 3. The summed E-state index contributed by atoms with van der Waals surface area (Å²) in [5, 5.41) is 58.3. The van der Waals surface area contributed by atoms with E-state index in [9.17, 15) is 4.79 Å². The van der Waals surface area contributed by atoms with Crippen LogP contribution in [-0.4, -0.2) is 46.2 Å². The molecule has 0 heterocycles. The highest BCUT2D eigenvalue weighted by molar-refractivity contribution is 5.85. The second-order valence-electron chi connectivity index (χ2n) is 3.72. The lowest BCUT2D eigenvalue weighted by Gasteiger charge is -2.24. The molecule has 19 heavy (non-hydrogen) atoms. The van der Waals surface area contributed by atoms with Crippen LogP contribution in [0.5, 0.6) is 0 Å². The van der Waals surface area contributed by atoms with Gasteiger partial charge in [-0.2, -0.15) is 15.8 Å². The Kier molecular flexibility index (Phi) is 8.92. The van der Waals surface area contributed by atoms with Gasteiger partial charge in [-0.15, -0.1) is 0 Å². The molecule has 0 amide bonds. The van der Waals surface area contributed by atoms with Crippen LogP contribution in [0.25, 0.3) is 0 Å². The zero-order chi connectivity index (χ0) is 15.5. The van der Waals surface area contributed by atoms with E-state index in [4.69, 9.17) is 36.2 Å². The van der Waals surface area contributed by atoms with E-state index in [1.165, 1.54) is 0 Å². The maximum Gasteiger partial charge on any atom is 0.353 e. The predicted octanol–water partition coefficient (Wildman–Crippen LogP) is -1.01. The molecule has 0 saturated heterocycles. The molecule has 0 aromatic carbocycles. The quantitative estimate of drug-likeness (QED) is 0.491. The Labute approximate surface area is 110 Å². The van der Waals surface area contributed by atoms with Crippen LogP contribution in [0.2, 0.25) is 0 Å². The van der Waals surface area contributed by atoms with Crippen LogP contribution in [0.1, 0.15) is 13.3 Å². The van der Waals surface area contributed by atoms with Gasteiger partial charge < -0.3 is 20.4 Å². The molecule has 0 rings (SSSR count). The van der Waals surface area contributed by atoms with Crippen LogP contribution in [0, 0.1) is 44.8 Å². The van der Waals surface area contributed by atoms with Crippen molar-refractivity contribution in [2.45, 2.75) is 13.3 Å². The van der Waals surface area contributed by atoms with Gasteiger partial charge in [0, 0.05) is 5.41 Å². The highest BCUT2D eigenvalue weighted by atomic mass is 16.4. The van der Waals surface area contributed by atoms with Gasteiger partial charge in [-0.25, -0.2) is 4.79 Å². The number of aliphatic hydroxyl groups excluding tert-OH is 3. The van der Waals surface area contributed by atoms with Crippen LogP contribution in [0.3, 0.4) is 0 Å². The zero-order valence-corrected chi connectivity index (χ0v) is 10.4. The molecule has 0 bridgehead atoms. The summed E-state index contributed by atoms with van der Waals surface area (Å²) in [5.41, 5.74) is -3.21. The molecule has 0 aromatic rings. The molecule has 0 saturated carbocycles. The van der Waals surface area contributed by atoms with E-state index in [1.54, 1.807) is 0 Å². The highest BCUT2D eigenvalue weighted by Crippen LogP contribution is 2.18. The van der Waals surface area contributed by atoms with Crippen molar-refractivity contribution in [3.05, 3.63) is 0 Å². The van der Waals surface area contributed by atoms with Gasteiger partial charge in [-0.1, -0.05) is 6.92 Å². The van der Waals surface area contributed by atoms with E-state index in [1.807, 2.05) is 6.92 Å². The van der Waals surface area contributed by atoms with Gasteiger partial charge in [-0.05, 0) is 6.42 Å². The van der Waals surface area contributed by atoms with Crippen molar-refractivity contribution in [2.24, 2.45) is 10.8 Å². The van der Waals surface area contributed by atoms with E-state index in [0.29, 0.717) is 6.42 Å². The maximum absolute atomic E-state index is 10.0. The molecule has 0 unspecified atom stereocenters. The smallest absolute Gasteiger partial charge is 0.353 e. The molecule has 0 fully saturated rings. The lowest BCUT2D eigenvalue weighted by Crippen LogP contribution is -2.32. The third-order valence-electron chi connectivity index (χ3n) is 2.58. The number of aliphatic carboxylic acids is 1. The molecule has 8 nitrogen and oxygen atoms in total. The average molecular weight is 269 g/mol. The summed E-state index contributed by atoms with van der Waals surface area (Å²) >= 11 is 0. The average Bonchev–Trinajstić information content (AvgIpc) is 2.45. The van der Waals surface area contributed by atoms with Crippen molar-refractivity contribution >= 4 is 5.97 Å². The molecule has 0 aliphatic carbocycles. The highest BCUT2D eigenvalue weighted by Gasteiger charge is 2.39. The fraction of sp³-hybridized carbons (Fsp3) is 0.636. The second kappa shape index (κ2) is 8.84. The Morgan fingerprint density at radius 3 is 1.32 bits per heavy atom. The van der Waals surface area contributed by atoms with Gasteiger partial charge in [0.2, 0.25) is 0 Å². The number of nitrogens with zero attached hydrogens (tertiary/aromatic N) is 3. The summed E-state index contributed by atoms with van der Waals surface area (Å²) in [6, 6.07) is 3.28. The first kappa shape index (κ1) is 19.2. The Bertz CT molecular complexity index is 358. The summed E-state index contributed by atoms with van der Waals surface area (Å²) in [6.45, 7) is 1.35. The van der Waals surface area contributed by atoms with Crippen LogP contribution < -0.4 is 0 Å². The molecular formula is C11H15N3O5. The zero-order valence-electron chi connectivity index (χ0n) is 10.4. The largest absolute Gasteiger partial charge is 0.478 e. The lowest BCUT2D eigenvalue weighted by atomic mass is 9.88. The minimum absolute atomic E-state index is 0.156. The molecule has 0 radical (unpaired) electrons. The van der Waals surface area contributed by atoms with Crippen LogP contribution >= 0.6 is 0 Å². The molecule has 0 aliphatic heterocycles. The number of hydrogen-bond acceptors (Lipinski definition) is 7. The molecule has 0 atom stereocenters. The van der Waals surface area contributed by atoms with E-state index < -0.39 is 16.8 Å². The van der Waals surface area contributed by atoms with Crippen molar-refractivity contribution < 1.29 is 25.2 Å². The van der Waals surface area contributed by atoms with Gasteiger partial charge in [0.25, 0.3) is 0 Å². The maximum atomic E-state index is 10.0. The molecule has 104 valence electrons. The minimum Gasteiger partial charge on any atom is -0.478 e. The topological polar surface area (TPSA) is 169 Å². The molecule has 0 aliphatic rings. The summed E-state index contributed by atoms with van der Waals surface area (Å²) in [4.78, 5) is 10.0. The molecular weight excluding hydrogens is 254 g/mol. The minimum atomic E-state index is -2.54. The number of hydrogen-bond donors (Lipinski definition) is 4. The van der Waals surface area contributed by atoms with Crippen molar-refractivity contribution in [1.82, 2.24) is 0 Å². The van der Waals surface area contributed by atoms with Gasteiger partial charge in [-0.3, -0.25) is 0 Å². The lowest BCUT2D eigenvalue weighted by molar-refractivity contribution is -0.140. The first-order valence-electron chi connectivity index (χ1n) is 5.17. The van der Waals surface area contributed by atoms with Gasteiger partial charge >= 0.3 is 11.4 Å². The number of carbonyl (C=O) groups is 1. The monoisotopic (exact) mass is 269 g/mol. The summed E-state index contributed by atoms with van der Waals surface area (Å²) < 4.78 is 0. The Morgan fingerprint density at radius 2 is 1.32 bits per heavy atom. The summed E-state index contributed by atoms with van der Waals surface area (Å²) in [5.74, 6) is -1.74. The van der Waals surface area contributed by atoms with Gasteiger partial charge in [0.15, 0.2) is 0 Å². The summed E-state index contributed by atoms with van der Waals surface area (Å²) in [7, 11) is 0. The van der Waals surface area contributed by atoms with Crippen molar-refractivity contribution in [3.8, 4) is 18.2 Å². The molecule has 4 N–H and O–H groups in total. The van der Waals surface area contributed by atoms with Crippen LogP contribution in [0.4, 0.5) is 0 Å². The fourth-order valence-corrected chi connectivity index (χ4v) is 0.704. The third-order valence-corrected chi connectivity index (χ3v) is 2.58. The number of rotatable bonds is 5. The van der Waals surface area contributed by atoms with Crippen LogP contribution in [0.15, 0.2) is 0 Å². The molecule has 8 heteroatoms. The molecule has 0 aromatic heterocycles. The summed E-state index contributed by atoms with van der Waals surface area (Å²) in [6.07, 6.45) is 0.594. The van der Waals surface area contributed by atoms with E-state index >= 15 is 0 Å². The number of carboxylic acids is 1. The Balaban J connectivity index is 0. The molecule has 0 spiro atoms. The Morgan fingerprint density at radius 1 is 1.00 bits per heavy atom. The number of nitriles is 3. The van der Waals surface area contributed by atoms with Gasteiger partial charge in [0.1, 0.15) is 18.2 Å². The first-order chi connectivity index (χ1) is 8.87. The fourth-order valence-electron chi connectivity index (χ4n) is 0.704. The SMILES string of the molecule is CCC(CO)(CO)CO.N#CC(C#N)(C#N)C(=O)O. The van der Waals surface area contributed by atoms with Gasteiger partial charge in [0.05, 0.1) is 19.8 Å². The van der Waals surface area contributed by atoms with Crippen molar-refractivity contribution in [3.63, 3.8) is 0 Å². The third kappa shape index (κ3) is 4.90. The predicted molar refractivity (Wildman–Crippen MR) is 60.9 cm³/mol. The Hall–Kier alpha value is -2.18. The van der Waals surface area contributed by atoms with E-state index in [2.05, 4.69) is 0 Å². The van der Waals surface area contributed by atoms with Crippen molar-refractivity contribution in [2.75, 3.05) is 19.8 Å². The van der Waals surface area contributed by atoms with Crippen LogP contribution in [-0.2, 0) is 4.79 Å². The second-order valence-corrected chi connectivity index (χ2v) is 3.72.